The molecule has 0 aromatic rings. The van der Waals surface area contributed by atoms with Gasteiger partial charge in [0.05, 0.1) is 25.4 Å². The van der Waals surface area contributed by atoms with Gasteiger partial charge in [0.15, 0.2) is 6.29 Å². The van der Waals surface area contributed by atoms with Gasteiger partial charge in [-0.15, -0.1) is 0 Å². The SMILES string of the molecule is CC/C=C\C/C=C\C/C=C\C/C=C\C/C=C\CCCCCCCCCCCCCCCCCCCCCCCCCCCC(=O)NC(COC1OC(CO)C(O)C(O)C1O)C(O)/C=C/CC/C=C/CC/C=C/CCCCCCCCCCCC. The van der Waals surface area contributed by atoms with Crippen molar-refractivity contribution < 1.29 is 39.8 Å². The number of aliphatic hydroxyl groups is 5. The van der Waals surface area contributed by atoms with Gasteiger partial charge in [0.25, 0.3) is 0 Å². The van der Waals surface area contributed by atoms with Gasteiger partial charge in [0.1, 0.15) is 24.4 Å². The summed E-state index contributed by atoms with van der Waals surface area (Å²) in [5, 5.41) is 54.7. The quantitative estimate of drug-likeness (QED) is 0.0261. The van der Waals surface area contributed by atoms with Crippen molar-refractivity contribution in [1.82, 2.24) is 5.32 Å². The van der Waals surface area contributed by atoms with E-state index in [-0.39, 0.29) is 12.5 Å². The van der Waals surface area contributed by atoms with Crippen molar-refractivity contribution in [2.24, 2.45) is 0 Å². The summed E-state index contributed by atoms with van der Waals surface area (Å²) in [7, 11) is 0. The highest BCUT2D eigenvalue weighted by Gasteiger charge is 2.44. The molecule has 0 bridgehead atoms. The second kappa shape index (κ2) is 63.1. The molecule has 486 valence electrons. The van der Waals surface area contributed by atoms with E-state index < -0.39 is 49.5 Å². The van der Waals surface area contributed by atoms with E-state index in [9.17, 15) is 30.3 Å². The highest BCUT2D eigenvalue weighted by atomic mass is 16.7. The number of unbranched alkanes of at least 4 members (excludes halogenated alkanes) is 37. The standard InChI is InChI=1S/C75H133NO8/c1-3-5-7-9-11-13-15-17-19-21-23-25-26-27-28-29-30-31-32-33-34-35-36-37-38-39-40-41-42-43-44-45-47-49-51-53-55-57-59-61-63-65-71(79)76-68(67-83-75-74(82)73(81)72(80)70(66-77)84-75)69(78)64-62-60-58-56-54-52-50-48-46-24-22-20-18-16-14-12-10-8-6-4-2/h5,7,11,13,17,19,23,25,27-28,46,48,54,56,62,64,68-70,72-75,77-78,80-82H,3-4,6,8-10,12,14-16,18,20-22,24,26,29-45,47,49-53,55,57-61,63,65-67H2,1-2H3,(H,76,79)/b7-5-,13-11-,19-17-,25-23-,28-27-,48-46+,56-54+,64-62+. The molecule has 1 amide bonds. The van der Waals surface area contributed by atoms with Crippen LogP contribution in [0.2, 0.25) is 0 Å². The third-order valence-corrected chi connectivity index (χ3v) is 16.4. The number of carbonyl (C=O) groups is 1. The van der Waals surface area contributed by atoms with Gasteiger partial charge in [-0.05, 0) is 89.9 Å². The molecule has 1 heterocycles. The van der Waals surface area contributed by atoms with Crippen LogP contribution >= 0.6 is 0 Å². The molecule has 84 heavy (non-hydrogen) atoms. The van der Waals surface area contributed by atoms with Gasteiger partial charge in [0, 0.05) is 6.42 Å². The Morgan fingerprint density at radius 1 is 0.417 bits per heavy atom. The van der Waals surface area contributed by atoms with Gasteiger partial charge in [-0.2, -0.15) is 0 Å². The molecule has 6 N–H and O–H groups in total. The van der Waals surface area contributed by atoms with Gasteiger partial charge in [-0.25, -0.2) is 0 Å². The van der Waals surface area contributed by atoms with Crippen molar-refractivity contribution in [3.63, 3.8) is 0 Å². The van der Waals surface area contributed by atoms with Crippen molar-refractivity contribution in [3.8, 4) is 0 Å². The van der Waals surface area contributed by atoms with E-state index in [4.69, 9.17) is 9.47 Å². The van der Waals surface area contributed by atoms with Gasteiger partial charge >= 0.3 is 0 Å². The van der Waals surface area contributed by atoms with Crippen molar-refractivity contribution >= 4 is 5.91 Å². The Labute approximate surface area is 517 Å². The first-order chi connectivity index (χ1) is 41.3. The highest BCUT2D eigenvalue weighted by molar-refractivity contribution is 5.76. The third-order valence-electron chi connectivity index (χ3n) is 16.4. The molecule has 9 heteroatoms. The van der Waals surface area contributed by atoms with E-state index in [0.717, 1.165) is 77.0 Å². The molecule has 1 aliphatic rings. The first-order valence-electron chi connectivity index (χ1n) is 35.5. The Balaban J connectivity index is 2.07. The van der Waals surface area contributed by atoms with Crippen LogP contribution in [-0.2, 0) is 14.3 Å². The van der Waals surface area contributed by atoms with Crippen molar-refractivity contribution in [3.05, 3.63) is 97.2 Å². The molecule has 0 aromatic carbocycles. The fourth-order valence-electron chi connectivity index (χ4n) is 10.9. The lowest BCUT2D eigenvalue weighted by atomic mass is 9.99. The summed E-state index contributed by atoms with van der Waals surface area (Å²) in [6.45, 7) is 3.67. The minimum absolute atomic E-state index is 0.187. The summed E-state index contributed by atoms with van der Waals surface area (Å²) < 4.78 is 11.3. The lowest BCUT2D eigenvalue weighted by molar-refractivity contribution is -0.302. The van der Waals surface area contributed by atoms with E-state index in [1.54, 1.807) is 6.08 Å². The van der Waals surface area contributed by atoms with Gasteiger partial charge in [-0.1, -0.05) is 317 Å². The molecule has 0 aromatic heterocycles. The lowest BCUT2D eigenvalue weighted by Crippen LogP contribution is -2.60. The summed E-state index contributed by atoms with van der Waals surface area (Å²) in [5.41, 5.74) is 0. The van der Waals surface area contributed by atoms with E-state index >= 15 is 0 Å². The molecule has 0 aliphatic carbocycles. The largest absolute Gasteiger partial charge is 0.394 e. The molecule has 1 rings (SSSR count). The molecule has 0 spiro atoms. The molecule has 0 radical (unpaired) electrons. The number of aliphatic hydroxyl groups excluding tert-OH is 5. The summed E-state index contributed by atoms with van der Waals surface area (Å²) in [6, 6.07) is -0.831. The Hall–Kier alpha value is -2.89. The molecule has 1 fully saturated rings. The van der Waals surface area contributed by atoms with E-state index in [1.807, 2.05) is 6.08 Å². The second-order valence-electron chi connectivity index (χ2n) is 24.3. The number of allylic oxidation sites excluding steroid dienone is 15. The van der Waals surface area contributed by atoms with Crippen LogP contribution in [0, 0.1) is 0 Å². The molecule has 7 unspecified atom stereocenters. The molecule has 0 saturated carbocycles. The van der Waals surface area contributed by atoms with Crippen LogP contribution in [0.1, 0.15) is 316 Å². The maximum absolute atomic E-state index is 13.1. The van der Waals surface area contributed by atoms with Crippen LogP contribution in [0.15, 0.2) is 97.2 Å². The molecular weight excluding hydrogens is 1040 g/mol. The minimum Gasteiger partial charge on any atom is -0.394 e. The Kier molecular flexibility index (Phi) is 59.5. The number of hydrogen-bond acceptors (Lipinski definition) is 8. The summed E-state index contributed by atoms with van der Waals surface area (Å²) in [5.74, 6) is -0.187. The average molecular weight is 1180 g/mol. The number of carbonyl (C=O) groups excluding carboxylic acids is 1. The first kappa shape index (κ1) is 79.1. The van der Waals surface area contributed by atoms with Gasteiger partial charge in [0.2, 0.25) is 5.91 Å². The smallest absolute Gasteiger partial charge is 0.220 e. The average Bonchev–Trinajstić information content (AvgIpc) is 3.70. The van der Waals surface area contributed by atoms with E-state index in [1.165, 1.54) is 218 Å². The maximum atomic E-state index is 13.1. The van der Waals surface area contributed by atoms with Gasteiger partial charge in [-0.3, -0.25) is 4.79 Å². The van der Waals surface area contributed by atoms with Crippen LogP contribution in [0.25, 0.3) is 0 Å². The molecule has 1 saturated heterocycles. The maximum Gasteiger partial charge on any atom is 0.220 e. The van der Waals surface area contributed by atoms with Crippen LogP contribution in [0.3, 0.4) is 0 Å². The number of ether oxygens (including phenoxy) is 2. The first-order valence-corrected chi connectivity index (χ1v) is 35.5. The Morgan fingerprint density at radius 2 is 0.750 bits per heavy atom. The summed E-state index contributed by atoms with van der Waals surface area (Å²) in [6.07, 6.45) is 85.3. The summed E-state index contributed by atoms with van der Waals surface area (Å²) >= 11 is 0. The van der Waals surface area contributed by atoms with Crippen LogP contribution in [0.4, 0.5) is 0 Å². The van der Waals surface area contributed by atoms with Crippen LogP contribution in [0.5, 0.6) is 0 Å². The Bertz CT molecular complexity index is 1650. The van der Waals surface area contributed by atoms with Crippen molar-refractivity contribution in [2.75, 3.05) is 13.2 Å². The van der Waals surface area contributed by atoms with Crippen LogP contribution in [-0.4, -0.2) is 87.5 Å². The zero-order valence-electron chi connectivity index (χ0n) is 54.4. The molecule has 7 atom stereocenters. The van der Waals surface area contributed by atoms with Crippen molar-refractivity contribution in [1.29, 1.82) is 0 Å². The molecule has 9 nitrogen and oxygen atoms in total. The predicted molar refractivity (Wildman–Crippen MR) is 359 cm³/mol. The number of nitrogens with one attached hydrogen (secondary N) is 1. The minimum atomic E-state index is -1.58. The monoisotopic (exact) mass is 1180 g/mol. The summed E-state index contributed by atoms with van der Waals surface area (Å²) in [4.78, 5) is 13.1. The second-order valence-corrected chi connectivity index (χ2v) is 24.3. The normalized spacial score (nSPS) is 18.8. The van der Waals surface area contributed by atoms with Gasteiger partial charge < -0.3 is 40.3 Å². The van der Waals surface area contributed by atoms with E-state index in [2.05, 4.69) is 104 Å². The van der Waals surface area contributed by atoms with E-state index in [0.29, 0.717) is 6.42 Å². The van der Waals surface area contributed by atoms with Crippen LogP contribution < -0.4 is 5.32 Å². The number of hydrogen-bond donors (Lipinski definition) is 6. The Morgan fingerprint density at radius 3 is 1.14 bits per heavy atom. The number of rotatable bonds is 61. The zero-order chi connectivity index (χ0) is 60.7. The third kappa shape index (κ3) is 51.2. The fourth-order valence-corrected chi connectivity index (χ4v) is 10.9. The lowest BCUT2D eigenvalue weighted by Gasteiger charge is -2.40. The molecular formula is C75H133NO8. The molecule has 1 aliphatic heterocycles. The topological polar surface area (TPSA) is 149 Å². The van der Waals surface area contributed by atoms with Crippen molar-refractivity contribution in [2.45, 2.75) is 358 Å². The number of amides is 1. The predicted octanol–water partition coefficient (Wildman–Crippen LogP) is 19.5. The zero-order valence-corrected chi connectivity index (χ0v) is 54.4. The fraction of sp³-hybridized carbons (Fsp3) is 0.773. The highest BCUT2D eigenvalue weighted by Crippen LogP contribution is 2.23.